The molecule has 1 amide bonds. The summed E-state index contributed by atoms with van der Waals surface area (Å²) in [5.74, 6) is -3.18. The summed E-state index contributed by atoms with van der Waals surface area (Å²) in [4.78, 5) is 11.3. The number of hydrogen-bond donors (Lipinski definition) is 1. The van der Waals surface area contributed by atoms with Crippen LogP contribution in [-0.4, -0.2) is 24.3 Å². The van der Waals surface area contributed by atoms with Crippen LogP contribution in [0.5, 0.6) is 0 Å². The number of amides is 1. The molecule has 0 spiro atoms. The van der Waals surface area contributed by atoms with Gasteiger partial charge in [-0.25, -0.2) is 8.78 Å². The number of hydrogen-bond acceptors (Lipinski definition) is 1. The molecule has 14 heavy (non-hydrogen) atoms. The smallest absolute Gasteiger partial charge is 0.248 e. The van der Waals surface area contributed by atoms with Crippen molar-refractivity contribution in [2.75, 3.05) is 12.4 Å². The third-order valence-corrected chi connectivity index (χ3v) is 2.59. The van der Waals surface area contributed by atoms with Crippen molar-refractivity contribution in [2.24, 2.45) is 5.92 Å². The van der Waals surface area contributed by atoms with Gasteiger partial charge in [0, 0.05) is 31.2 Å². The van der Waals surface area contributed by atoms with E-state index in [1.807, 2.05) is 0 Å². The lowest BCUT2D eigenvalue weighted by molar-refractivity contribution is -0.132. The summed E-state index contributed by atoms with van der Waals surface area (Å²) in [6.45, 7) is 0.350. The van der Waals surface area contributed by atoms with Crippen molar-refractivity contribution < 1.29 is 13.6 Å². The van der Waals surface area contributed by atoms with Gasteiger partial charge >= 0.3 is 0 Å². The summed E-state index contributed by atoms with van der Waals surface area (Å²) in [6.07, 6.45) is 0.572. The first-order valence-electron chi connectivity index (χ1n) is 4.77. The summed E-state index contributed by atoms with van der Waals surface area (Å²) in [5.41, 5.74) is 0. The molecule has 5 heteroatoms. The Balaban J connectivity index is 2.40. The molecule has 1 atom stereocenters. The third-order valence-electron chi connectivity index (χ3n) is 2.40. The Hall–Kier alpha value is -0.380. The van der Waals surface area contributed by atoms with E-state index < -0.39 is 11.8 Å². The van der Waals surface area contributed by atoms with Crippen molar-refractivity contribution in [3.05, 3.63) is 0 Å². The zero-order valence-electron chi connectivity index (χ0n) is 7.86. The molecule has 0 aliphatic heterocycles. The predicted octanol–water partition coefficient (Wildman–Crippen LogP) is 2.17. The highest BCUT2D eigenvalue weighted by atomic mass is 35.5. The standard InChI is InChI=1S/C9H14ClF2NO/c10-4-5-13-8(14)7-2-1-3-9(11,12)6-7/h7H,1-6H2,(H,13,14). The van der Waals surface area contributed by atoms with Gasteiger partial charge in [-0.2, -0.15) is 0 Å². The lowest BCUT2D eigenvalue weighted by atomic mass is 9.86. The first-order chi connectivity index (χ1) is 6.55. The first-order valence-corrected chi connectivity index (χ1v) is 5.30. The zero-order chi connectivity index (χ0) is 10.6. The van der Waals surface area contributed by atoms with E-state index in [-0.39, 0.29) is 18.7 Å². The molecule has 1 aliphatic carbocycles. The molecule has 0 bridgehead atoms. The van der Waals surface area contributed by atoms with Crippen LogP contribution < -0.4 is 5.32 Å². The van der Waals surface area contributed by atoms with Gasteiger partial charge in [0.25, 0.3) is 0 Å². The van der Waals surface area contributed by atoms with Gasteiger partial charge in [-0.05, 0) is 12.8 Å². The summed E-state index contributed by atoms with van der Waals surface area (Å²) in [7, 11) is 0. The Morgan fingerprint density at radius 1 is 1.57 bits per heavy atom. The van der Waals surface area contributed by atoms with Crippen molar-refractivity contribution in [2.45, 2.75) is 31.6 Å². The van der Waals surface area contributed by atoms with Crippen LogP contribution >= 0.6 is 11.6 Å². The van der Waals surface area contributed by atoms with Gasteiger partial charge in [-0.15, -0.1) is 11.6 Å². The van der Waals surface area contributed by atoms with Crippen LogP contribution in [0, 0.1) is 5.92 Å². The van der Waals surface area contributed by atoms with Crippen LogP contribution in [0.25, 0.3) is 0 Å². The molecule has 1 saturated carbocycles. The van der Waals surface area contributed by atoms with E-state index in [1.54, 1.807) is 0 Å². The maximum absolute atomic E-state index is 12.9. The minimum atomic E-state index is -2.67. The number of carbonyl (C=O) groups is 1. The maximum atomic E-state index is 12.9. The lowest BCUT2D eigenvalue weighted by Gasteiger charge is -2.27. The second-order valence-corrected chi connectivity index (χ2v) is 4.01. The van der Waals surface area contributed by atoms with E-state index in [2.05, 4.69) is 5.32 Å². The quantitative estimate of drug-likeness (QED) is 0.733. The Bertz CT molecular complexity index is 211. The Morgan fingerprint density at radius 2 is 2.29 bits per heavy atom. The molecule has 2 nitrogen and oxygen atoms in total. The van der Waals surface area contributed by atoms with Crippen LogP contribution in [0.4, 0.5) is 8.78 Å². The van der Waals surface area contributed by atoms with Crippen LogP contribution in [0.15, 0.2) is 0 Å². The van der Waals surface area contributed by atoms with Crippen LogP contribution in [-0.2, 0) is 4.79 Å². The minimum Gasteiger partial charge on any atom is -0.355 e. The monoisotopic (exact) mass is 225 g/mol. The van der Waals surface area contributed by atoms with Gasteiger partial charge in [0.05, 0.1) is 0 Å². The molecular formula is C9H14ClF2NO. The molecular weight excluding hydrogens is 212 g/mol. The summed E-state index contributed by atoms with van der Waals surface area (Å²) in [5, 5.41) is 2.54. The number of carbonyl (C=O) groups excluding carboxylic acids is 1. The van der Waals surface area contributed by atoms with Crippen molar-refractivity contribution in [1.82, 2.24) is 5.32 Å². The second kappa shape index (κ2) is 4.91. The zero-order valence-corrected chi connectivity index (χ0v) is 8.62. The van der Waals surface area contributed by atoms with E-state index in [9.17, 15) is 13.6 Å². The largest absolute Gasteiger partial charge is 0.355 e. The second-order valence-electron chi connectivity index (χ2n) is 3.63. The Labute approximate surface area is 87.0 Å². The molecule has 0 aromatic rings. The Kier molecular flexibility index (Phi) is 4.11. The fourth-order valence-electron chi connectivity index (χ4n) is 1.71. The minimum absolute atomic E-state index is 0.0910. The van der Waals surface area contributed by atoms with Gasteiger partial charge in [0.2, 0.25) is 11.8 Å². The predicted molar refractivity (Wildman–Crippen MR) is 50.6 cm³/mol. The van der Waals surface area contributed by atoms with Crippen molar-refractivity contribution in [1.29, 1.82) is 0 Å². The summed E-state index contributed by atoms with van der Waals surface area (Å²) >= 11 is 5.38. The fourth-order valence-corrected chi connectivity index (χ4v) is 1.80. The summed E-state index contributed by atoms with van der Waals surface area (Å²) in [6, 6.07) is 0. The number of nitrogens with one attached hydrogen (secondary N) is 1. The molecule has 0 aromatic carbocycles. The normalized spacial score (nSPS) is 25.8. The SMILES string of the molecule is O=C(NCCCl)C1CCCC(F)(F)C1. The van der Waals surface area contributed by atoms with Gasteiger partial charge in [-0.1, -0.05) is 0 Å². The van der Waals surface area contributed by atoms with Crippen LogP contribution in [0.2, 0.25) is 0 Å². The molecule has 0 radical (unpaired) electrons. The topological polar surface area (TPSA) is 29.1 Å². The van der Waals surface area contributed by atoms with E-state index in [4.69, 9.17) is 11.6 Å². The lowest BCUT2D eigenvalue weighted by Crippen LogP contribution is -2.38. The molecule has 1 rings (SSSR count). The van der Waals surface area contributed by atoms with Gasteiger partial charge in [0.1, 0.15) is 0 Å². The van der Waals surface area contributed by atoms with Gasteiger partial charge in [0.15, 0.2) is 0 Å². The highest BCUT2D eigenvalue weighted by molar-refractivity contribution is 6.18. The van der Waals surface area contributed by atoms with Crippen molar-refractivity contribution in [3.8, 4) is 0 Å². The van der Waals surface area contributed by atoms with Gasteiger partial charge in [-0.3, -0.25) is 4.79 Å². The Morgan fingerprint density at radius 3 is 2.86 bits per heavy atom. The molecule has 1 aliphatic rings. The van der Waals surface area contributed by atoms with E-state index in [0.29, 0.717) is 25.3 Å². The van der Waals surface area contributed by atoms with Gasteiger partial charge < -0.3 is 5.32 Å². The summed E-state index contributed by atoms with van der Waals surface area (Å²) < 4.78 is 25.9. The van der Waals surface area contributed by atoms with Crippen molar-refractivity contribution >= 4 is 17.5 Å². The fraction of sp³-hybridized carbons (Fsp3) is 0.889. The van der Waals surface area contributed by atoms with E-state index >= 15 is 0 Å². The molecule has 82 valence electrons. The van der Waals surface area contributed by atoms with E-state index in [1.165, 1.54) is 0 Å². The number of alkyl halides is 3. The molecule has 0 aromatic heterocycles. The van der Waals surface area contributed by atoms with Crippen LogP contribution in [0.3, 0.4) is 0 Å². The molecule has 0 saturated heterocycles. The maximum Gasteiger partial charge on any atom is 0.248 e. The third kappa shape index (κ3) is 3.40. The molecule has 0 heterocycles. The number of rotatable bonds is 3. The number of halogens is 3. The average molecular weight is 226 g/mol. The molecule has 1 fully saturated rings. The molecule has 1 N–H and O–H groups in total. The van der Waals surface area contributed by atoms with E-state index in [0.717, 1.165) is 0 Å². The first kappa shape index (κ1) is 11.7. The average Bonchev–Trinajstić information content (AvgIpc) is 2.12. The highest BCUT2D eigenvalue weighted by Gasteiger charge is 2.38. The van der Waals surface area contributed by atoms with Crippen LogP contribution in [0.1, 0.15) is 25.7 Å². The van der Waals surface area contributed by atoms with Crippen molar-refractivity contribution in [3.63, 3.8) is 0 Å². The molecule has 1 unspecified atom stereocenters. The highest BCUT2D eigenvalue weighted by Crippen LogP contribution is 2.36.